The summed E-state index contributed by atoms with van der Waals surface area (Å²) in [5.41, 5.74) is 0.316. The van der Waals surface area contributed by atoms with Crippen LogP contribution in [0.25, 0.3) is 0 Å². The molecule has 0 aliphatic heterocycles. The SMILES string of the molecule is COc1ccccc1N(CC(=O)NC(C)C(C)C)S(=O)(=O)c1ccccc1. The standard InChI is InChI=1S/C20H26N2O4S/c1-15(2)16(3)21-20(23)14-22(18-12-8-9-13-19(18)26-4)27(24,25)17-10-6-5-7-11-17/h5-13,15-16H,14H2,1-4H3,(H,21,23). The van der Waals surface area contributed by atoms with Crippen LogP contribution in [-0.4, -0.2) is 34.0 Å². The number of carbonyl (C=O) groups is 1. The zero-order valence-electron chi connectivity index (χ0n) is 16.0. The van der Waals surface area contributed by atoms with Crippen LogP contribution in [0.3, 0.4) is 0 Å². The van der Waals surface area contributed by atoms with E-state index in [2.05, 4.69) is 5.32 Å². The molecule has 1 atom stereocenters. The van der Waals surface area contributed by atoms with Crippen LogP contribution in [0.5, 0.6) is 5.75 Å². The van der Waals surface area contributed by atoms with E-state index >= 15 is 0 Å². The number of methoxy groups -OCH3 is 1. The molecular weight excluding hydrogens is 364 g/mol. The zero-order chi connectivity index (χ0) is 20.0. The monoisotopic (exact) mass is 390 g/mol. The minimum Gasteiger partial charge on any atom is -0.495 e. The Kier molecular flexibility index (Phi) is 6.85. The van der Waals surface area contributed by atoms with E-state index < -0.39 is 10.0 Å². The van der Waals surface area contributed by atoms with Crippen molar-refractivity contribution >= 4 is 21.6 Å². The van der Waals surface area contributed by atoms with Crippen molar-refractivity contribution in [3.8, 4) is 5.75 Å². The summed E-state index contributed by atoms with van der Waals surface area (Å²) in [4.78, 5) is 12.7. The van der Waals surface area contributed by atoms with Crippen LogP contribution in [0.4, 0.5) is 5.69 Å². The van der Waals surface area contributed by atoms with Gasteiger partial charge in [-0.2, -0.15) is 0 Å². The van der Waals surface area contributed by atoms with E-state index in [1.54, 1.807) is 42.5 Å². The number of hydrogen-bond donors (Lipinski definition) is 1. The molecule has 0 bridgehead atoms. The minimum atomic E-state index is -3.95. The molecule has 0 aliphatic carbocycles. The molecule has 0 fully saturated rings. The molecule has 0 spiro atoms. The van der Waals surface area contributed by atoms with Gasteiger partial charge in [0, 0.05) is 6.04 Å². The number of para-hydroxylation sites is 2. The molecule has 1 amide bonds. The van der Waals surface area contributed by atoms with Crippen LogP contribution in [0, 0.1) is 5.92 Å². The van der Waals surface area contributed by atoms with Gasteiger partial charge < -0.3 is 10.1 Å². The minimum absolute atomic E-state index is 0.0727. The highest BCUT2D eigenvalue weighted by molar-refractivity contribution is 7.92. The molecule has 2 aromatic rings. The Morgan fingerprint density at radius 1 is 1.04 bits per heavy atom. The molecule has 146 valence electrons. The number of anilines is 1. The van der Waals surface area contributed by atoms with Gasteiger partial charge in [-0.3, -0.25) is 9.10 Å². The Labute approximate surface area is 161 Å². The Bertz CT molecular complexity index is 867. The molecule has 0 aliphatic rings. The number of amides is 1. The lowest BCUT2D eigenvalue weighted by atomic mass is 10.1. The summed E-state index contributed by atoms with van der Waals surface area (Å²) >= 11 is 0. The van der Waals surface area contributed by atoms with Gasteiger partial charge in [-0.15, -0.1) is 0 Å². The predicted octanol–water partition coefficient (Wildman–Crippen LogP) is 3.05. The van der Waals surface area contributed by atoms with E-state index in [9.17, 15) is 13.2 Å². The molecule has 2 rings (SSSR count). The fraction of sp³-hybridized carbons (Fsp3) is 0.350. The average molecular weight is 391 g/mol. The number of sulfonamides is 1. The lowest BCUT2D eigenvalue weighted by molar-refractivity contribution is -0.120. The molecule has 6 nitrogen and oxygen atoms in total. The molecule has 0 saturated carbocycles. The lowest BCUT2D eigenvalue weighted by Gasteiger charge is -2.27. The van der Waals surface area contributed by atoms with Gasteiger partial charge in [-0.1, -0.05) is 44.2 Å². The largest absolute Gasteiger partial charge is 0.495 e. The molecule has 27 heavy (non-hydrogen) atoms. The van der Waals surface area contributed by atoms with Crippen LogP contribution in [0.2, 0.25) is 0 Å². The van der Waals surface area contributed by atoms with Gasteiger partial charge in [-0.25, -0.2) is 8.42 Å². The summed E-state index contributed by atoms with van der Waals surface area (Å²) < 4.78 is 32.9. The van der Waals surface area contributed by atoms with Crippen molar-refractivity contribution < 1.29 is 17.9 Å². The lowest BCUT2D eigenvalue weighted by Crippen LogP contribution is -2.45. The molecule has 7 heteroatoms. The summed E-state index contributed by atoms with van der Waals surface area (Å²) in [6.45, 7) is 5.53. The average Bonchev–Trinajstić information content (AvgIpc) is 2.66. The van der Waals surface area contributed by atoms with Gasteiger partial charge in [0.2, 0.25) is 5.91 Å². The molecular formula is C20H26N2O4S. The van der Waals surface area contributed by atoms with Crippen molar-refractivity contribution in [3.63, 3.8) is 0 Å². The predicted molar refractivity (Wildman–Crippen MR) is 106 cm³/mol. The van der Waals surface area contributed by atoms with Crippen molar-refractivity contribution in [2.24, 2.45) is 5.92 Å². The molecule has 0 radical (unpaired) electrons. The van der Waals surface area contributed by atoms with Crippen LogP contribution in [-0.2, 0) is 14.8 Å². The summed E-state index contributed by atoms with van der Waals surface area (Å²) in [5.74, 6) is 0.239. The summed E-state index contributed by atoms with van der Waals surface area (Å²) in [5, 5.41) is 2.85. The number of nitrogens with zero attached hydrogens (tertiary/aromatic N) is 1. The maximum absolute atomic E-state index is 13.2. The second-order valence-electron chi connectivity index (χ2n) is 6.60. The van der Waals surface area contributed by atoms with Crippen molar-refractivity contribution in [1.29, 1.82) is 0 Å². The van der Waals surface area contributed by atoms with Crippen LogP contribution in [0.1, 0.15) is 20.8 Å². The first-order valence-corrected chi connectivity index (χ1v) is 10.2. The third kappa shape index (κ3) is 5.01. The van der Waals surface area contributed by atoms with Gasteiger partial charge in [-0.05, 0) is 37.1 Å². The van der Waals surface area contributed by atoms with Gasteiger partial charge >= 0.3 is 0 Å². The highest BCUT2D eigenvalue weighted by Gasteiger charge is 2.29. The van der Waals surface area contributed by atoms with Crippen LogP contribution >= 0.6 is 0 Å². The normalized spacial score (nSPS) is 12.5. The Hall–Kier alpha value is -2.54. The second-order valence-corrected chi connectivity index (χ2v) is 8.46. The van der Waals surface area contributed by atoms with Crippen molar-refractivity contribution in [2.45, 2.75) is 31.7 Å². The van der Waals surface area contributed by atoms with E-state index in [0.717, 1.165) is 4.31 Å². The summed E-state index contributed by atoms with van der Waals surface area (Å²) in [6, 6.07) is 14.7. The maximum atomic E-state index is 13.2. The first-order valence-electron chi connectivity index (χ1n) is 8.77. The van der Waals surface area contributed by atoms with Crippen molar-refractivity contribution in [3.05, 3.63) is 54.6 Å². The first kappa shape index (κ1) is 20.8. The van der Waals surface area contributed by atoms with E-state index in [-0.39, 0.29) is 29.3 Å². The quantitative estimate of drug-likeness (QED) is 0.752. The smallest absolute Gasteiger partial charge is 0.264 e. The summed E-state index contributed by atoms with van der Waals surface area (Å²) in [7, 11) is -2.48. The highest BCUT2D eigenvalue weighted by atomic mass is 32.2. The third-order valence-corrected chi connectivity index (χ3v) is 6.13. The molecule has 0 saturated heterocycles. The van der Waals surface area contributed by atoms with E-state index in [0.29, 0.717) is 11.4 Å². The fourth-order valence-electron chi connectivity index (χ4n) is 2.45. The molecule has 1 unspecified atom stereocenters. The maximum Gasteiger partial charge on any atom is 0.264 e. The molecule has 1 N–H and O–H groups in total. The number of hydrogen-bond acceptors (Lipinski definition) is 4. The highest BCUT2D eigenvalue weighted by Crippen LogP contribution is 2.32. The van der Waals surface area contributed by atoms with Gasteiger partial charge in [0.25, 0.3) is 10.0 Å². The number of nitrogens with one attached hydrogen (secondary N) is 1. The van der Waals surface area contributed by atoms with Crippen molar-refractivity contribution in [1.82, 2.24) is 5.32 Å². The van der Waals surface area contributed by atoms with Crippen molar-refractivity contribution in [2.75, 3.05) is 18.0 Å². The molecule has 0 heterocycles. The van der Waals surface area contributed by atoms with Gasteiger partial charge in [0.15, 0.2) is 0 Å². The molecule has 0 aromatic heterocycles. The van der Waals surface area contributed by atoms with E-state index in [4.69, 9.17) is 4.74 Å². The summed E-state index contributed by atoms with van der Waals surface area (Å²) in [6.07, 6.45) is 0. The number of rotatable bonds is 8. The third-order valence-electron chi connectivity index (χ3n) is 4.36. The Morgan fingerprint density at radius 3 is 2.22 bits per heavy atom. The van der Waals surface area contributed by atoms with Gasteiger partial charge in [0.05, 0.1) is 17.7 Å². The zero-order valence-corrected chi connectivity index (χ0v) is 16.9. The second kappa shape index (κ2) is 8.90. The first-order chi connectivity index (χ1) is 12.8. The van der Waals surface area contributed by atoms with E-state index in [1.165, 1.54) is 19.2 Å². The van der Waals surface area contributed by atoms with Crippen LogP contribution in [0.15, 0.2) is 59.5 Å². The number of carbonyl (C=O) groups excluding carboxylic acids is 1. The Morgan fingerprint density at radius 2 is 1.63 bits per heavy atom. The van der Waals surface area contributed by atoms with E-state index in [1.807, 2.05) is 20.8 Å². The van der Waals surface area contributed by atoms with Crippen LogP contribution < -0.4 is 14.4 Å². The number of benzene rings is 2. The topological polar surface area (TPSA) is 75.7 Å². The van der Waals surface area contributed by atoms with Gasteiger partial charge in [0.1, 0.15) is 12.3 Å². The number of ether oxygens (including phenoxy) is 1. The Balaban J connectivity index is 2.45. The molecule has 2 aromatic carbocycles. The fourth-order valence-corrected chi connectivity index (χ4v) is 3.90.